The topological polar surface area (TPSA) is 59.7 Å². The predicted octanol–water partition coefficient (Wildman–Crippen LogP) is 3.85. The van der Waals surface area contributed by atoms with Crippen LogP contribution in [0, 0.1) is 5.82 Å². The first kappa shape index (κ1) is 13.2. The highest BCUT2D eigenvalue weighted by molar-refractivity contribution is 5.92. The molecule has 1 aromatic heterocycles. The van der Waals surface area contributed by atoms with Gasteiger partial charge in [-0.05, 0) is 18.2 Å². The number of furan rings is 1. The third kappa shape index (κ3) is 2.72. The number of ether oxygens (including phenoxy) is 1. The largest absolute Gasteiger partial charge is 0.478 e. The summed E-state index contributed by atoms with van der Waals surface area (Å²) in [5.74, 6) is -1.15. The molecule has 0 saturated carbocycles. The molecule has 0 aliphatic carbocycles. The number of hydrogen-bond donors (Lipinski definition) is 1. The smallest absolute Gasteiger partial charge is 0.335 e. The maximum absolute atomic E-state index is 13.5. The SMILES string of the molecule is O=C(O)c1ccc2cc(OCc3ccccc3F)oc2c1. The normalized spacial score (nSPS) is 10.7. The number of carbonyl (C=O) groups is 1. The van der Waals surface area contributed by atoms with E-state index in [0.29, 0.717) is 11.1 Å². The fourth-order valence-electron chi connectivity index (χ4n) is 1.98. The summed E-state index contributed by atoms with van der Waals surface area (Å²) < 4.78 is 24.3. The summed E-state index contributed by atoms with van der Waals surface area (Å²) in [6.45, 7) is 0.0400. The number of hydrogen-bond acceptors (Lipinski definition) is 3. The van der Waals surface area contributed by atoms with Crippen molar-refractivity contribution in [1.29, 1.82) is 0 Å². The molecule has 0 fully saturated rings. The molecule has 3 rings (SSSR count). The Kier molecular flexibility index (Phi) is 3.31. The van der Waals surface area contributed by atoms with Crippen LogP contribution in [0.2, 0.25) is 0 Å². The van der Waals surface area contributed by atoms with Crippen LogP contribution in [0.3, 0.4) is 0 Å². The van der Waals surface area contributed by atoms with Crippen molar-refractivity contribution in [3.8, 4) is 5.95 Å². The Hall–Kier alpha value is -2.82. The zero-order valence-electron chi connectivity index (χ0n) is 10.9. The van der Waals surface area contributed by atoms with Crippen LogP contribution in [0.15, 0.2) is 52.9 Å². The third-order valence-electron chi connectivity index (χ3n) is 3.07. The van der Waals surface area contributed by atoms with E-state index in [1.807, 2.05) is 0 Å². The van der Waals surface area contributed by atoms with Crippen LogP contribution in [0.25, 0.3) is 11.0 Å². The molecule has 0 aliphatic rings. The molecule has 0 amide bonds. The lowest BCUT2D eigenvalue weighted by atomic mass is 10.2. The maximum Gasteiger partial charge on any atom is 0.335 e. The number of benzene rings is 2. The van der Waals surface area contributed by atoms with Gasteiger partial charge in [-0.3, -0.25) is 0 Å². The summed E-state index contributed by atoms with van der Waals surface area (Å²) in [6.07, 6.45) is 0. The molecular formula is C16H11FO4. The van der Waals surface area contributed by atoms with E-state index in [1.165, 1.54) is 18.2 Å². The zero-order chi connectivity index (χ0) is 14.8. The van der Waals surface area contributed by atoms with Gasteiger partial charge in [0, 0.05) is 17.0 Å². The van der Waals surface area contributed by atoms with Crippen molar-refractivity contribution in [3.05, 3.63) is 65.5 Å². The third-order valence-corrected chi connectivity index (χ3v) is 3.07. The van der Waals surface area contributed by atoms with Crippen LogP contribution >= 0.6 is 0 Å². The van der Waals surface area contributed by atoms with Crippen molar-refractivity contribution >= 4 is 16.9 Å². The molecule has 4 nitrogen and oxygen atoms in total. The standard InChI is InChI=1S/C16H11FO4/c17-13-4-2-1-3-12(13)9-20-15-8-10-5-6-11(16(18)19)7-14(10)21-15/h1-8H,9H2,(H,18,19). The first-order valence-corrected chi connectivity index (χ1v) is 6.26. The van der Waals surface area contributed by atoms with Crippen LogP contribution in [0.1, 0.15) is 15.9 Å². The van der Waals surface area contributed by atoms with E-state index in [1.54, 1.807) is 30.3 Å². The molecule has 0 spiro atoms. The summed E-state index contributed by atoms with van der Waals surface area (Å²) in [5, 5.41) is 9.64. The highest BCUT2D eigenvalue weighted by Gasteiger charge is 2.10. The van der Waals surface area contributed by atoms with Gasteiger partial charge >= 0.3 is 5.97 Å². The number of carboxylic acid groups (broad SMARTS) is 1. The van der Waals surface area contributed by atoms with Gasteiger partial charge in [0.1, 0.15) is 18.0 Å². The summed E-state index contributed by atoms with van der Waals surface area (Å²) in [7, 11) is 0. The minimum Gasteiger partial charge on any atom is -0.478 e. The van der Waals surface area contributed by atoms with Crippen LogP contribution in [-0.2, 0) is 6.61 Å². The molecule has 3 aromatic rings. The van der Waals surface area contributed by atoms with Gasteiger partial charge in [0.15, 0.2) is 0 Å². The second-order valence-electron chi connectivity index (χ2n) is 4.50. The van der Waals surface area contributed by atoms with Crippen LogP contribution in [0.4, 0.5) is 4.39 Å². The molecule has 1 N–H and O–H groups in total. The lowest BCUT2D eigenvalue weighted by molar-refractivity contribution is 0.0697. The van der Waals surface area contributed by atoms with E-state index < -0.39 is 5.97 Å². The number of rotatable bonds is 4. The van der Waals surface area contributed by atoms with Gasteiger partial charge in [-0.2, -0.15) is 0 Å². The highest BCUT2D eigenvalue weighted by Crippen LogP contribution is 2.26. The van der Waals surface area contributed by atoms with Crippen LogP contribution in [-0.4, -0.2) is 11.1 Å². The molecule has 0 unspecified atom stereocenters. The average molecular weight is 286 g/mol. The lowest BCUT2D eigenvalue weighted by Gasteiger charge is -2.03. The fraction of sp³-hybridized carbons (Fsp3) is 0.0625. The van der Waals surface area contributed by atoms with Gasteiger partial charge in [0.2, 0.25) is 0 Å². The molecule has 2 aromatic carbocycles. The molecule has 0 aliphatic heterocycles. The van der Waals surface area contributed by atoms with E-state index >= 15 is 0 Å². The van der Waals surface area contributed by atoms with Crippen molar-refractivity contribution in [2.45, 2.75) is 6.61 Å². The maximum atomic E-state index is 13.5. The van der Waals surface area contributed by atoms with Crippen molar-refractivity contribution in [1.82, 2.24) is 0 Å². The molecule has 106 valence electrons. The van der Waals surface area contributed by atoms with Crippen molar-refractivity contribution in [2.24, 2.45) is 0 Å². The van der Waals surface area contributed by atoms with E-state index in [-0.39, 0.29) is 23.9 Å². The van der Waals surface area contributed by atoms with Gasteiger partial charge in [0.05, 0.1) is 5.56 Å². The van der Waals surface area contributed by atoms with Gasteiger partial charge in [-0.15, -0.1) is 0 Å². The number of aromatic carboxylic acids is 1. The van der Waals surface area contributed by atoms with E-state index in [0.717, 1.165) is 5.39 Å². The molecule has 1 heterocycles. The summed E-state index contributed by atoms with van der Waals surface area (Å²) in [4.78, 5) is 10.9. The minimum absolute atomic E-state index is 0.0400. The Bertz CT molecular complexity index is 807. The van der Waals surface area contributed by atoms with Crippen molar-refractivity contribution < 1.29 is 23.4 Å². The number of fused-ring (bicyclic) bond motifs is 1. The Morgan fingerprint density at radius 1 is 1.19 bits per heavy atom. The summed E-state index contributed by atoms with van der Waals surface area (Å²) in [5.41, 5.74) is 0.972. The quantitative estimate of drug-likeness (QED) is 0.791. The fourth-order valence-corrected chi connectivity index (χ4v) is 1.98. The van der Waals surface area contributed by atoms with Gasteiger partial charge in [-0.1, -0.05) is 24.3 Å². The van der Waals surface area contributed by atoms with Crippen LogP contribution < -0.4 is 4.74 Å². The summed E-state index contributed by atoms with van der Waals surface area (Å²) >= 11 is 0. The Morgan fingerprint density at radius 3 is 2.76 bits per heavy atom. The van der Waals surface area contributed by atoms with Crippen LogP contribution in [0.5, 0.6) is 5.95 Å². The van der Waals surface area contributed by atoms with E-state index in [4.69, 9.17) is 14.3 Å². The first-order chi connectivity index (χ1) is 10.1. The van der Waals surface area contributed by atoms with Crippen molar-refractivity contribution in [3.63, 3.8) is 0 Å². The monoisotopic (exact) mass is 286 g/mol. The van der Waals surface area contributed by atoms with E-state index in [9.17, 15) is 9.18 Å². The molecule has 0 radical (unpaired) electrons. The Balaban J connectivity index is 1.82. The average Bonchev–Trinajstić information content (AvgIpc) is 2.88. The zero-order valence-corrected chi connectivity index (χ0v) is 10.9. The van der Waals surface area contributed by atoms with E-state index in [2.05, 4.69) is 0 Å². The molecule has 21 heavy (non-hydrogen) atoms. The molecule has 5 heteroatoms. The van der Waals surface area contributed by atoms with Gasteiger partial charge < -0.3 is 14.3 Å². The number of carboxylic acids is 1. The molecular weight excluding hydrogens is 275 g/mol. The first-order valence-electron chi connectivity index (χ1n) is 6.26. The molecule has 0 atom stereocenters. The number of halogens is 1. The van der Waals surface area contributed by atoms with Crippen molar-refractivity contribution in [2.75, 3.05) is 0 Å². The molecule has 0 bridgehead atoms. The second-order valence-corrected chi connectivity index (χ2v) is 4.50. The molecule has 0 saturated heterocycles. The van der Waals surface area contributed by atoms with Gasteiger partial charge in [0.25, 0.3) is 5.95 Å². The second kappa shape index (κ2) is 5.28. The predicted molar refractivity (Wildman–Crippen MR) is 73.9 cm³/mol. The Labute approximate surface area is 119 Å². The Morgan fingerprint density at radius 2 is 2.00 bits per heavy atom. The lowest BCUT2D eigenvalue weighted by Crippen LogP contribution is -1.97. The summed E-state index contributed by atoms with van der Waals surface area (Å²) in [6, 6.07) is 12.5. The minimum atomic E-state index is -1.03. The van der Waals surface area contributed by atoms with Gasteiger partial charge in [-0.25, -0.2) is 9.18 Å². The highest BCUT2D eigenvalue weighted by atomic mass is 19.1.